The minimum absolute atomic E-state index is 0.272. The van der Waals surface area contributed by atoms with Crippen molar-refractivity contribution in [2.75, 3.05) is 24.6 Å². The van der Waals surface area contributed by atoms with E-state index in [1.165, 1.54) is 18.3 Å². The van der Waals surface area contributed by atoms with E-state index in [1.54, 1.807) is 6.07 Å². The number of hydrogen-bond acceptors (Lipinski definition) is 4. The van der Waals surface area contributed by atoms with E-state index < -0.39 is 6.03 Å². The molecule has 0 aromatic heterocycles. The van der Waals surface area contributed by atoms with Gasteiger partial charge in [-0.15, -0.1) is 0 Å². The SMILES string of the molecule is NC(=O)NN=Cc1ccc(F)cc1CN1CCSCC1. The van der Waals surface area contributed by atoms with Crippen molar-refractivity contribution in [2.45, 2.75) is 6.54 Å². The number of halogens is 1. The number of carbonyl (C=O) groups excluding carboxylic acids is 1. The molecule has 0 spiro atoms. The fourth-order valence-electron chi connectivity index (χ4n) is 2.00. The minimum atomic E-state index is -0.724. The van der Waals surface area contributed by atoms with E-state index in [4.69, 9.17) is 5.73 Å². The van der Waals surface area contributed by atoms with Crippen LogP contribution >= 0.6 is 11.8 Å². The zero-order chi connectivity index (χ0) is 14.4. The second-order valence-corrected chi connectivity index (χ2v) is 5.69. The molecule has 0 aliphatic carbocycles. The molecule has 5 nitrogen and oxygen atoms in total. The highest BCUT2D eigenvalue weighted by Crippen LogP contribution is 2.16. The van der Waals surface area contributed by atoms with Crippen molar-refractivity contribution in [1.82, 2.24) is 10.3 Å². The van der Waals surface area contributed by atoms with E-state index in [2.05, 4.69) is 15.4 Å². The maximum atomic E-state index is 13.4. The van der Waals surface area contributed by atoms with Crippen LogP contribution in [0.25, 0.3) is 0 Å². The van der Waals surface area contributed by atoms with Crippen LogP contribution in [0.1, 0.15) is 11.1 Å². The van der Waals surface area contributed by atoms with Crippen LogP contribution in [-0.4, -0.2) is 41.7 Å². The van der Waals surface area contributed by atoms with Crippen LogP contribution in [0.4, 0.5) is 9.18 Å². The number of rotatable bonds is 4. The zero-order valence-corrected chi connectivity index (χ0v) is 11.8. The van der Waals surface area contributed by atoms with Gasteiger partial charge in [-0.05, 0) is 23.3 Å². The largest absolute Gasteiger partial charge is 0.350 e. The van der Waals surface area contributed by atoms with Gasteiger partial charge >= 0.3 is 6.03 Å². The lowest BCUT2D eigenvalue weighted by molar-refractivity contribution is 0.249. The maximum absolute atomic E-state index is 13.4. The van der Waals surface area contributed by atoms with Gasteiger partial charge in [0.15, 0.2) is 0 Å². The Morgan fingerprint density at radius 2 is 2.25 bits per heavy atom. The Morgan fingerprint density at radius 3 is 2.95 bits per heavy atom. The summed E-state index contributed by atoms with van der Waals surface area (Å²) in [5, 5.41) is 3.73. The van der Waals surface area contributed by atoms with Gasteiger partial charge in [0.05, 0.1) is 6.21 Å². The predicted octanol–water partition coefficient (Wildman–Crippen LogP) is 1.38. The van der Waals surface area contributed by atoms with Crippen LogP contribution in [0, 0.1) is 5.82 Å². The highest BCUT2D eigenvalue weighted by molar-refractivity contribution is 7.99. The van der Waals surface area contributed by atoms with Crippen molar-refractivity contribution in [2.24, 2.45) is 10.8 Å². The number of thioether (sulfide) groups is 1. The Kier molecular flexibility index (Phi) is 5.37. The molecule has 0 bridgehead atoms. The lowest BCUT2D eigenvalue weighted by atomic mass is 10.1. The Hall–Kier alpha value is -1.60. The standard InChI is InChI=1S/C13H17FN4OS/c14-12-2-1-10(8-16-17-13(15)19)11(7-12)9-18-3-5-20-6-4-18/h1-2,7-8H,3-6,9H2,(H3,15,17,19). The van der Waals surface area contributed by atoms with Gasteiger partial charge in [0.2, 0.25) is 0 Å². The van der Waals surface area contributed by atoms with Crippen molar-refractivity contribution in [3.63, 3.8) is 0 Å². The van der Waals surface area contributed by atoms with Gasteiger partial charge in [-0.25, -0.2) is 14.6 Å². The number of benzene rings is 1. The molecule has 1 aromatic carbocycles. The number of amides is 2. The maximum Gasteiger partial charge on any atom is 0.332 e. The third-order valence-electron chi connectivity index (χ3n) is 2.98. The molecule has 1 heterocycles. The molecule has 1 aliphatic rings. The van der Waals surface area contributed by atoms with Crippen LogP contribution in [0.15, 0.2) is 23.3 Å². The molecule has 0 atom stereocenters. The molecule has 1 saturated heterocycles. The van der Waals surface area contributed by atoms with Gasteiger partial charge in [-0.1, -0.05) is 6.07 Å². The highest BCUT2D eigenvalue weighted by atomic mass is 32.2. The smallest absolute Gasteiger partial charge is 0.332 e. The second-order valence-electron chi connectivity index (χ2n) is 4.47. The van der Waals surface area contributed by atoms with Crippen LogP contribution in [0.3, 0.4) is 0 Å². The topological polar surface area (TPSA) is 70.7 Å². The lowest BCUT2D eigenvalue weighted by Gasteiger charge is -2.26. The molecule has 1 fully saturated rings. The summed E-state index contributed by atoms with van der Waals surface area (Å²) in [7, 11) is 0. The van der Waals surface area contributed by atoms with Crippen LogP contribution in [0.5, 0.6) is 0 Å². The quantitative estimate of drug-likeness (QED) is 0.651. The molecule has 3 N–H and O–H groups in total. The van der Waals surface area contributed by atoms with Crippen molar-refractivity contribution in [1.29, 1.82) is 0 Å². The van der Waals surface area contributed by atoms with Gasteiger partial charge in [-0.3, -0.25) is 4.90 Å². The fraction of sp³-hybridized carbons (Fsp3) is 0.385. The Bertz CT molecular complexity index is 503. The Morgan fingerprint density at radius 1 is 1.50 bits per heavy atom. The average Bonchev–Trinajstić information content (AvgIpc) is 2.42. The van der Waals surface area contributed by atoms with Gasteiger partial charge in [0, 0.05) is 31.1 Å². The first-order chi connectivity index (χ1) is 9.65. The average molecular weight is 296 g/mol. The van der Waals surface area contributed by atoms with Crippen molar-refractivity contribution >= 4 is 24.0 Å². The number of nitrogens with zero attached hydrogens (tertiary/aromatic N) is 2. The van der Waals surface area contributed by atoms with E-state index in [-0.39, 0.29) is 5.82 Å². The first-order valence-corrected chi connectivity index (χ1v) is 7.47. The Balaban J connectivity index is 2.10. The Labute approximate surface area is 121 Å². The van der Waals surface area contributed by atoms with Crippen LogP contribution in [-0.2, 0) is 6.54 Å². The monoisotopic (exact) mass is 296 g/mol. The first-order valence-electron chi connectivity index (χ1n) is 6.32. The number of nitrogens with one attached hydrogen (secondary N) is 1. The number of urea groups is 1. The third-order valence-corrected chi connectivity index (χ3v) is 3.92. The van der Waals surface area contributed by atoms with Crippen molar-refractivity contribution < 1.29 is 9.18 Å². The van der Waals surface area contributed by atoms with Crippen LogP contribution in [0.2, 0.25) is 0 Å². The van der Waals surface area contributed by atoms with E-state index in [0.717, 1.165) is 35.7 Å². The van der Waals surface area contributed by atoms with Gasteiger partial charge < -0.3 is 5.73 Å². The molecule has 2 rings (SSSR count). The summed E-state index contributed by atoms with van der Waals surface area (Å²) >= 11 is 1.93. The number of primary amides is 1. The molecule has 0 radical (unpaired) electrons. The van der Waals surface area contributed by atoms with E-state index >= 15 is 0 Å². The number of nitrogens with two attached hydrogens (primary N) is 1. The summed E-state index contributed by atoms with van der Waals surface area (Å²) in [6.45, 7) is 2.67. The van der Waals surface area contributed by atoms with Crippen molar-refractivity contribution in [3.8, 4) is 0 Å². The molecule has 0 unspecified atom stereocenters. The summed E-state index contributed by atoms with van der Waals surface area (Å²) in [6.07, 6.45) is 1.48. The van der Waals surface area contributed by atoms with Crippen LogP contribution < -0.4 is 11.2 Å². The fourth-order valence-corrected chi connectivity index (χ4v) is 2.98. The van der Waals surface area contributed by atoms with Gasteiger partial charge in [0.1, 0.15) is 5.82 Å². The second kappa shape index (κ2) is 7.25. The summed E-state index contributed by atoms with van der Waals surface area (Å²) in [4.78, 5) is 12.9. The highest BCUT2D eigenvalue weighted by Gasteiger charge is 2.13. The number of carbonyl (C=O) groups is 1. The molecule has 20 heavy (non-hydrogen) atoms. The van der Waals surface area contributed by atoms with E-state index in [9.17, 15) is 9.18 Å². The zero-order valence-electron chi connectivity index (χ0n) is 11.0. The first kappa shape index (κ1) is 14.8. The minimum Gasteiger partial charge on any atom is -0.350 e. The molecular formula is C13H17FN4OS. The lowest BCUT2D eigenvalue weighted by Crippen LogP contribution is -2.32. The molecule has 1 aromatic rings. The molecular weight excluding hydrogens is 279 g/mol. The summed E-state index contributed by atoms with van der Waals surface area (Å²) in [6, 6.07) is 3.81. The molecule has 1 aliphatic heterocycles. The predicted molar refractivity (Wildman–Crippen MR) is 79.3 cm³/mol. The van der Waals surface area contributed by atoms with E-state index in [1.807, 2.05) is 11.8 Å². The van der Waals surface area contributed by atoms with E-state index in [0.29, 0.717) is 6.54 Å². The normalized spacial score (nSPS) is 16.4. The number of hydrogen-bond donors (Lipinski definition) is 2. The summed E-state index contributed by atoms with van der Waals surface area (Å²) < 4.78 is 13.4. The molecule has 0 saturated carbocycles. The number of hydrazone groups is 1. The summed E-state index contributed by atoms with van der Waals surface area (Å²) in [5.74, 6) is 1.93. The molecule has 7 heteroatoms. The molecule has 108 valence electrons. The van der Waals surface area contributed by atoms with Crippen molar-refractivity contribution in [3.05, 3.63) is 35.1 Å². The van der Waals surface area contributed by atoms with Gasteiger partial charge in [-0.2, -0.15) is 16.9 Å². The molecule has 2 amide bonds. The summed E-state index contributed by atoms with van der Waals surface area (Å²) in [5.41, 5.74) is 8.70. The van der Waals surface area contributed by atoms with Gasteiger partial charge in [0.25, 0.3) is 0 Å². The third kappa shape index (κ3) is 4.50.